The van der Waals surface area contributed by atoms with Crippen LogP contribution in [0.4, 0.5) is 33.4 Å². The summed E-state index contributed by atoms with van der Waals surface area (Å²) in [5.74, 6) is 0. The van der Waals surface area contributed by atoms with E-state index in [4.69, 9.17) is 0 Å². The Hall–Kier alpha value is -6.55. The summed E-state index contributed by atoms with van der Waals surface area (Å²) in [5.41, 5.74) is 23.7. The van der Waals surface area contributed by atoms with Gasteiger partial charge in [0.2, 0.25) is 6.71 Å². The maximum absolute atomic E-state index is 2.64. The van der Waals surface area contributed by atoms with Crippen LogP contribution in [0.15, 0.2) is 176 Å². The highest BCUT2D eigenvalue weighted by atomic mass is 32.1. The van der Waals surface area contributed by atoms with E-state index in [9.17, 15) is 0 Å². The lowest BCUT2D eigenvalue weighted by Gasteiger charge is -2.44. The molecule has 0 amide bonds. The molecule has 0 saturated heterocycles. The first-order valence-electron chi connectivity index (χ1n) is 25.0. The molecule has 8 aromatic carbocycles. The average Bonchev–Trinajstić information content (AvgIpc) is 3.71. The minimum Gasteiger partial charge on any atom is -0.311 e. The molecule has 338 valence electrons. The zero-order chi connectivity index (χ0) is 47.6. The average molecular weight is 911 g/mol. The van der Waals surface area contributed by atoms with E-state index >= 15 is 0 Å². The molecule has 0 radical (unpaired) electrons. The quantitative estimate of drug-likeness (QED) is 0.153. The van der Waals surface area contributed by atoms with E-state index in [1.165, 1.54) is 128 Å². The zero-order valence-corrected chi connectivity index (χ0v) is 42.4. The van der Waals surface area contributed by atoms with Crippen molar-refractivity contribution in [2.45, 2.75) is 91.4 Å². The van der Waals surface area contributed by atoms with E-state index in [1.807, 2.05) is 11.3 Å². The largest absolute Gasteiger partial charge is 0.311 e. The molecule has 0 atom stereocenters. The minimum atomic E-state index is 0.0344. The molecule has 12 rings (SSSR count). The molecule has 3 heterocycles. The number of rotatable bonds is 6. The first kappa shape index (κ1) is 43.7. The molecular weight excluding hydrogens is 850 g/mol. The summed E-state index contributed by atoms with van der Waals surface area (Å²) in [6, 6.07) is 67.4. The van der Waals surface area contributed by atoms with E-state index in [2.05, 4.69) is 248 Å². The molecule has 0 spiro atoms. The summed E-state index contributed by atoms with van der Waals surface area (Å²) >= 11 is 1.99. The predicted molar refractivity (Wildman–Crippen MR) is 302 cm³/mol. The monoisotopic (exact) mass is 910 g/mol. The van der Waals surface area contributed by atoms with Gasteiger partial charge in [0.05, 0.1) is 5.00 Å². The third-order valence-corrected chi connectivity index (χ3v) is 17.1. The van der Waals surface area contributed by atoms with Gasteiger partial charge >= 0.3 is 0 Å². The smallest absolute Gasteiger partial charge is 0.254 e. The van der Waals surface area contributed by atoms with Crippen LogP contribution in [0, 0.1) is 13.8 Å². The van der Waals surface area contributed by atoms with E-state index < -0.39 is 0 Å². The third-order valence-electron chi connectivity index (χ3n) is 15.9. The maximum Gasteiger partial charge on any atom is 0.254 e. The number of hydrogen-bond acceptors (Lipinski definition) is 3. The molecule has 2 aliphatic heterocycles. The molecule has 0 unspecified atom stereocenters. The SMILES string of the molecule is Cc1cccc(N2c3cc(C)ccc3B3c4c2cc(-c2ccc(B(c5ccccc5)c5ccccc5)cc2)cc4N(c2ccc(C(C)(C)C)cc2)c2sc4cc5c(cc4c23)C(C)(C)CCC5(C)C)c1. The van der Waals surface area contributed by atoms with Crippen molar-refractivity contribution >= 4 is 101 Å². The molecule has 1 aliphatic carbocycles. The zero-order valence-electron chi connectivity index (χ0n) is 41.6. The number of thiophene rings is 1. The normalized spacial score (nSPS) is 15.3. The Labute approximate surface area is 414 Å². The van der Waals surface area contributed by atoms with Crippen molar-refractivity contribution < 1.29 is 0 Å². The van der Waals surface area contributed by atoms with Crippen molar-refractivity contribution in [3.05, 3.63) is 204 Å². The Morgan fingerprint density at radius 3 is 1.72 bits per heavy atom. The van der Waals surface area contributed by atoms with Gasteiger partial charge in [-0.05, 0) is 158 Å². The second-order valence-corrected chi connectivity index (χ2v) is 23.6. The fourth-order valence-electron chi connectivity index (χ4n) is 12.0. The second-order valence-electron chi connectivity index (χ2n) is 22.6. The molecular formula is C64H60B2N2S. The van der Waals surface area contributed by atoms with Crippen molar-refractivity contribution in [1.29, 1.82) is 0 Å². The van der Waals surface area contributed by atoms with Gasteiger partial charge in [-0.2, -0.15) is 0 Å². The lowest BCUT2D eigenvalue weighted by atomic mass is 9.33. The number of anilines is 6. The van der Waals surface area contributed by atoms with Crippen LogP contribution in [0.5, 0.6) is 0 Å². The van der Waals surface area contributed by atoms with Gasteiger partial charge in [-0.3, -0.25) is 0 Å². The highest BCUT2D eigenvalue weighted by molar-refractivity contribution is 7.26. The van der Waals surface area contributed by atoms with Gasteiger partial charge in [0.15, 0.2) is 0 Å². The molecule has 1 aromatic heterocycles. The van der Waals surface area contributed by atoms with Gasteiger partial charge in [0.25, 0.3) is 6.71 Å². The number of benzene rings is 8. The number of fused-ring (bicyclic) bond motifs is 7. The summed E-state index contributed by atoms with van der Waals surface area (Å²) in [5, 5.41) is 2.73. The van der Waals surface area contributed by atoms with Gasteiger partial charge < -0.3 is 9.80 Å². The molecule has 9 aromatic rings. The Morgan fingerprint density at radius 2 is 1.10 bits per heavy atom. The highest BCUT2D eigenvalue weighted by Crippen LogP contribution is 2.52. The van der Waals surface area contributed by atoms with Gasteiger partial charge in [-0.25, -0.2) is 0 Å². The molecule has 0 bridgehead atoms. The van der Waals surface area contributed by atoms with Crippen LogP contribution < -0.4 is 42.6 Å². The first-order valence-corrected chi connectivity index (χ1v) is 25.8. The van der Waals surface area contributed by atoms with Crippen LogP contribution in [0.3, 0.4) is 0 Å². The predicted octanol–water partition coefficient (Wildman–Crippen LogP) is 13.4. The number of aryl methyl sites for hydroxylation is 2. The summed E-state index contributed by atoms with van der Waals surface area (Å²) in [4.78, 5) is 5.22. The standard InChI is InChI=1S/C64H60B2N2S/c1-41-17-16-22-50(35-41)67-55-36-42(2)23-32-54(55)66-59-51-39-52-53(64(8,9)34-33-63(52,6)7)40-58(51)69-61(59)68(49-30-26-45(27-31-49)62(3,4)5)57-38-44(37-56(67)60(57)66)43-24-28-48(29-25-43)65(46-18-12-10-13-19-46)47-20-14-11-15-21-47/h10-32,35-40H,33-34H2,1-9H3. The van der Waals surface area contributed by atoms with Gasteiger partial charge in [0, 0.05) is 33.1 Å². The maximum atomic E-state index is 2.64. The number of hydrogen-bond donors (Lipinski definition) is 0. The topological polar surface area (TPSA) is 6.48 Å². The van der Waals surface area contributed by atoms with Crippen LogP contribution in [0.2, 0.25) is 0 Å². The van der Waals surface area contributed by atoms with E-state index in [1.54, 1.807) is 0 Å². The van der Waals surface area contributed by atoms with Crippen molar-refractivity contribution in [2.75, 3.05) is 9.80 Å². The van der Waals surface area contributed by atoms with Crippen LogP contribution in [0.1, 0.15) is 89.1 Å². The second kappa shape index (κ2) is 16.0. The lowest BCUT2D eigenvalue weighted by molar-refractivity contribution is 0.332. The van der Waals surface area contributed by atoms with E-state index in [-0.39, 0.29) is 29.7 Å². The Morgan fingerprint density at radius 1 is 0.507 bits per heavy atom. The summed E-state index contributed by atoms with van der Waals surface area (Å²) in [7, 11) is 0. The number of nitrogens with zero attached hydrogens (tertiary/aromatic N) is 2. The molecule has 5 heteroatoms. The highest BCUT2D eigenvalue weighted by Gasteiger charge is 2.47. The molecule has 2 nitrogen and oxygen atoms in total. The minimum absolute atomic E-state index is 0.0344. The first-order chi connectivity index (χ1) is 33.1. The molecule has 0 fully saturated rings. The van der Waals surface area contributed by atoms with Crippen LogP contribution >= 0.6 is 11.3 Å². The van der Waals surface area contributed by atoms with Crippen LogP contribution in [0.25, 0.3) is 21.2 Å². The molecule has 0 N–H and O–H groups in total. The Bertz CT molecular complexity index is 3410. The van der Waals surface area contributed by atoms with Crippen molar-refractivity contribution in [1.82, 2.24) is 0 Å². The fourth-order valence-corrected chi connectivity index (χ4v) is 13.3. The molecule has 3 aliphatic rings. The van der Waals surface area contributed by atoms with Gasteiger partial charge in [-0.15, -0.1) is 11.3 Å². The van der Waals surface area contributed by atoms with E-state index in [0.29, 0.717) is 0 Å². The summed E-state index contributed by atoms with van der Waals surface area (Å²) in [6.45, 7) is 21.4. The molecule has 69 heavy (non-hydrogen) atoms. The van der Waals surface area contributed by atoms with Crippen LogP contribution in [-0.2, 0) is 16.2 Å². The lowest BCUT2D eigenvalue weighted by Crippen LogP contribution is -2.61. The Balaban J connectivity index is 1.15. The van der Waals surface area contributed by atoms with Gasteiger partial charge in [0.1, 0.15) is 0 Å². The Kier molecular flexibility index (Phi) is 10.1. The van der Waals surface area contributed by atoms with Gasteiger partial charge in [-0.1, -0.05) is 186 Å². The van der Waals surface area contributed by atoms with Crippen LogP contribution in [-0.4, -0.2) is 13.4 Å². The fraction of sp³-hybridized carbons (Fsp3) is 0.219. The van der Waals surface area contributed by atoms with Crippen molar-refractivity contribution in [3.8, 4) is 11.1 Å². The molecule has 0 saturated carbocycles. The summed E-state index contributed by atoms with van der Waals surface area (Å²) in [6.07, 6.45) is 2.38. The third kappa shape index (κ3) is 7.22. The van der Waals surface area contributed by atoms with E-state index in [0.717, 1.165) is 0 Å². The van der Waals surface area contributed by atoms with Crippen molar-refractivity contribution in [2.24, 2.45) is 0 Å². The summed E-state index contributed by atoms with van der Waals surface area (Å²) < 4.78 is 1.38. The van der Waals surface area contributed by atoms with Crippen molar-refractivity contribution in [3.63, 3.8) is 0 Å².